The highest BCUT2D eigenvalue weighted by Crippen LogP contribution is 2.20. The number of carbonyl (C=O) groups excluding carboxylic acids is 1. The zero-order valence-electron chi connectivity index (χ0n) is 11.6. The fourth-order valence-electron chi connectivity index (χ4n) is 2.19. The second-order valence-electron chi connectivity index (χ2n) is 4.78. The Labute approximate surface area is 126 Å². The lowest BCUT2D eigenvalue weighted by atomic mass is 10.1. The van der Waals surface area contributed by atoms with Gasteiger partial charge in [-0.25, -0.2) is 4.98 Å². The maximum absolute atomic E-state index is 12.5. The van der Waals surface area contributed by atoms with Crippen molar-refractivity contribution in [1.82, 2.24) is 14.8 Å². The van der Waals surface area contributed by atoms with E-state index in [1.54, 1.807) is 48.3 Å². The van der Waals surface area contributed by atoms with E-state index in [1.165, 1.54) is 0 Å². The van der Waals surface area contributed by atoms with Gasteiger partial charge in [0.15, 0.2) is 5.65 Å². The molecular weight excluding hydrogens is 288 g/mol. The zero-order chi connectivity index (χ0) is 15.0. The molecule has 2 aromatic heterocycles. The molecule has 21 heavy (non-hydrogen) atoms. The van der Waals surface area contributed by atoms with Crippen LogP contribution in [0.2, 0.25) is 5.02 Å². The van der Waals surface area contributed by atoms with Gasteiger partial charge in [-0.05, 0) is 31.2 Å². The van der Waals surface area contributed by atoms with Crippen LogP contribution in [0.3, 0.4) is 0 Å². The van der Waals surface area contributed by atoms with Crippen LogP contribution in [0.15, 0.2) is 36.5 Å². The first kappa shape index (κ1) is 13.6. The molecule has 2 heterocycles. The minimum atomic E-state index is -0.208. The normalized spacial score (nSPS) is 10.8. The van der Waals surface area contributed by atoms with E-state index in [-0.39, 0.29) is 5.91 Å². The van der Waals surface area contributed by atoms with Gasteiger partial charge in [0.05, 0.1) is 17.1 Å². The van der Waals surface area contributed by atoms with E-state index >= 15 is 0 Å². The van der Waals surface area contributed by atoms with Crippen molar-refractivity contribution in [2.45, 2.75) is 6.92 Å². The number of pyridine rings is 1. The number of rotatable bonds is 2. The van der Waals surface area contributed by atoms with Crippen molar-refractivity contribution < 1.29 is 4.79 Å². The number of hydrogen-bond acceptors (Lipinski definition) is 3. The standard InChI is InChI=1S/C15H13ClN4O/c1-9-6-12(13-8-17-20(2)14(13)18-9)15(21)19-11-5-3-4-10(16)7-11/h3-8H,1-2H3,(H,19,21). The number of nitrogens with zero attached hydrogens (tertiary/aromatic N) is 3. The number of amides is 1. The highest BCUT2D eigenvalue weighted by Gasteiger charge is 2.15. The Hall–Kier alpha value is -2.40. The predicted molar refractivity (Wildman–Crippen MR) is 82.7 cm³/mol. The Bertz CT molecular complexity index is 841. The highest BCUT2D eigenvalue weighted by molar-refractivity contribution is 6.31. The summed E-state index contributed by atoms with van der Waals surface area (Å²) in [4.78, 5) is 16.9. The van der Waals surface area contributed by atoms with E-state index < -0.39 is 0 Å². The van der Waals surface area contributed by atoms with Crippen molar-refractivity contribution in [2.24, 2.45) is 7.05 Å². The van der Waals surface area contributed by atoms with Crippen LogP contribution in [0.4, 0.5) is 5.69 Å². The summed E-state index contributed by atoms with van der Waals surface area (Å²) in [5, 5.41) is 8.29. The van der Waals surface area contributed by atoms with E-state index in [1.807, 2.05) is 6.92 Å². The van der Waals surface area contributed by atoms with Crippen LogP contribution in [-0.4, -0.2) is 20.7 Å². The molecule has 0 aliphatic rings. The summed E-state index contributed by atoms with van der Waals surface area (Å²) in [5.41, 5.74) is 2.65. The van der Waals surface area contributed by atoms with Crippen LogP contribution < -0.4 is 5.32 Å². The van der Waals surface area contributed by atoms with Gasteiger partial charge in [0.1, 0.15) is 0 Å². The molecule has 0 unspecified atom stereocenters. The molecule has 3 aromatic rings. The Balaban J connectivity index is 2.02. The number of carbonyl (C=O) groups is 1. The van der Waals surface area contributed by atoms with Gasteiger partial charge in [-0.3, -0.25) is 9.48 Å². The number of benzene rings is 1. The molecule has 0 radical (unpaired) electrons. The third-order valence-corrected chi connectivity index (χ3v) is 3.40. The fraction of sp³-hybridized carbons (Fsp3) is 0.133. The highest BCUT2D eigenvalue weighted by atomic mass is 35.5. The number of hydrogen-bond donors (Lipinski definition) is 1. The van der Waals surface area contributed by atoms with Gasteiger partial charge in [-0.1, -0.05) is 17.7 Å². The minimum absolute atomic E-state index is 0.208. The summed E-state index contributed by atoms with van der Waals surface area (Å²) >= 11 is 5.92. The molecule has 1 aromatic carbocycles. The zero-order valence-corrected chi connectivity index (χ0v) is 12.3. The number of aromatic nitrogens is 3. The van der Waals surface area contributed by atoms with Gasteiger partial charge >= 0.3 is 0 Å². The van der Waals surface area contributed by atoms with Crippen molar-refractivity contribution in [2.75, 3.05) is 5.32 Å². The largest absolute Gasteiger partial charge is 0.322 e. The summed E-state index contributed by atoms with van der Waals surface area (Å²) < 4.78 is 1.65. The number of halogens is 1. The lowest BCUT2D eigenvalue weighted by Crippen LogP contribution is -2.13. The summed E-state index contributed by atoms with van der Waals surface area (Å²) in [5.74, 6) is -0.208. The monoisotopic (exact) mass is 300 g/mol. The molecule has 5 nitrogen and oxygen atoms in total. The van der Waals surface area contributed by atoms with E-state index in [0.29, 0.717) is 21.9 Å². The smallest absolute Gasteiger partial charge is 0.256 e. The molecule has 1 amide bonds. The summed E-state index contributed by atoms with van der Waals surface area (Å²) in [6.07, 6.45) is 1.65. The third-order valence-electron chi connectivity index (χ3n) is 3.16. The van der Waals surface area contributed by atoms with Crippen molar-refractivity contribution in [3.8, 4) is 0 Å². The van der Waals surface area contributed by atoms with E-state index in [9.17, 15) is 4.79 Å². The molecule has 6 heteroatoms. The quantitative estimate of drug-likeness (QED) is 0.790. The van der Waals surface area contributed by atoms with Gasteiger partial charge in [-0.15, -0.1) is 0 Å². The number of anilines is 1. The summed E-state index contributed by atoms with van der Waals surface area (Å²) in [6.45, 7) is 1.85. The number of nitrogens with one attached hydrogen (secondary N) is 1. The van der Waals surface area contributed by atoms with Crippen LogP contribution in [0.1, 0.15) is 16.1 Å². The van der Waals surface area contributed by atoms with E-state index in [2.05, 4.69) is 15.4 Å². The second kappa shape index (κ2) is 5.18. The summed E-state index contributed by atoms with van der Waals surface area (Å²) in [6, 6.07) is 8.79. The Morgan fingerprint density at radius 1 is 1.33 bits per heavy atom. The van der Waals surface area contributed by atoms with E-state index in [0.717, 1.165) is 11.1 Å². The average molecular weight is 301 g/mol. The molecule has 1 N–H and O–H groups in total. The lowest BCUT2D eigenvalue weighted by Gasteiger charge is -2.07. The van der Waals surface area contributed by atoms with Crippen LogP contribution in [-0.2, 0) is 7.05 Å². The van der Waals surface area contributed by atoms with Gasteiger partial charge in [0, 0.05) is 23.5 Å². The maximum atomic E-state index is 12.5. The van der Waals surface area contributed by atoms with Gasteiger partial charge in [0.2, 0.25) is 0 Å². The van der Waals surface area contributed by atoms with Crippen molar-refractivity contribution in [1.29, 1.82) is 0 Å². The van der Waals surface area contributed by atoms with Gasteiger partial charge < -0.3 is 5.32 Å². The maximum Gasteiger partial charge on any atom is 0.256 e. The van der Waals surface area contributed by atoms with Crippen molar-refractivity contribution in [3.05, 3.63) is 52.8 Å². The Morgan fingerprint density at radius 2 is 2.14 bits per heavy atom. The first-order valence-electron chi connectivity index (χ1n) is 6.41. The number of fused-ring (bicyclic) bond motifs is 1. The molecule has 0 aliphatic carbocycles. The van der Waals surface area contributed by atoms with Crippen LogP contribution in [0.25, 0.3) is 11.0 Å². The Morgan fingerprint density at radius 3 is 2.90 bits per heavy atom. The topological polar surface area (TPSA) is 59.8 Å². The first-order valence-corrected chi connectivity index (χ1v) is 6.78. The molecule has 0 bridgehead atoms. The SMILES string of the molecule is Cc1cc(C(=O)Nc2cccc(Cl)c2)c2cnn(C)c2n1. The Kier molecular flexibility index (Phi) is 3.35. The lowest BCUT2D eigenvalue weighted by molar-refractivity contribution is 0.102. The molecule has 0 atom stereocenters. The predicted octanol–water partition coefficient (Wildman–Crippen LogP) is 3.18. The molecule has 3 rings (SSSR count). The van der Waals surface area contributed by atoms with Gasteiger partial charge in [0.25, 0.3) is 5.91 Å². The summed E-state index contributed by atoms with van der Waals surface area (Å²) in [7, 11) is 1.80. The molecule has 106 valence electrons. The number of aryl methyl sites for hydroxylation is 2. The van der Waals surface area contributed by atoms with Gasteiger partial charge in [-0.2, -0.15) is 5.10 Å². The van der Waals surface area contributed by atoms with Crippen LogP contribution >= 0.6 is 11.6 Å². The van der Waals surface area contributed by atoms with Crippen molar-refractivity contribution in [3.63, 3.8) is 0 Å². The molecule has 0 fully saturated rings. The second-order valence-corrected chi connectivity index (χ2v) is 5.22. The molecular formula is C15H13ClN4O. The molecule has 0 spiro atoms. The average Bonchev–Trinajstić information content (AvgIpc) is 2.79. The molecule has 0 saturated heterocycles. The van der Waals surface area contributed by atoms with Crippen LogP contribution in [0, 0.1) is 6.92 Å². The molecule has 0 saturated carbocycles. The van der Waals surface area contributed by atoms with Crippen molar-refractivity contribution >= 4 is 34.2 Å². The molecule has 0 aliphatic heterocycles. The first-order chi connectivity index (χ1) is 10.0. The van der Waals surface area contributed by atoms with E-state index in [4.69, 9.17) is 11.6 Å². The minimum Gasteiger partial charge on any atom is -0.322 e. The van der Waals surface area contributed by atoms with Crippen LogP contribution in [0.5, 0.6) is 0 Å². The fourth-order valence-corrected chi connectivity index (χ4v) is 2.38. The third kappa shape index (κ3) is 2.60.